The highest BCUT2D eigenvalue weighted by molar-refractivity contribution is 8.14. The van der Waals surface area contributed by atoms with Crippen molar-refractivity contribution in [2.24, 2.45) is 5.92 Å². The molecule has 0 bridgehead atoms. The van der Waals surface area contributed by atoms with Crippen molar-refractivity contribution in [1.82, 2.24) is 0 Å². The van der Waals surface area contributed by atoms with Crippen LogP contribution in [0.1, 0.15) is 17.3 Å². The van der Waals surface area contributed by atoms with Gasteiger partial charge >= 0.3 is 5.97 Å². The molecule has 4 heteroatoms. The van der Waals surface area contributed by atoms with Crippen LogP contribution in [-0.2, 0) is 9.53 Å². The minimum Gasteiger partial charge on any atom is -0.469 e. The van der Waals surface area contributed by atoms with Crippen LogP contribution in [-0.4, -0.2) is 23.9 Å². The maximum atomic E-state index is 11.7. The molecule has 1 aromatic rings. The lowest BCUT2D eigenvalue weighted by Crippen LogP contribution is -2.15. The number of methoxy groups -OCH3 is 1. The van der Waals surface area contributed by atoms with E-state index < -0.39 is 0 Å². The molecule has 0 radical (unpaired) electrons. The number of esters is 1. The fraction of sp³-hybridized carbons (Fsp3) is 0.333. The van der Waals surface area contributed by atoms with E-state index in [1.807, 2.05) is 18.2 Å². The van der Waals surface area contributed by atoms with Gasteiger partial charge in [-0.3, -0.25) is 9.59 Å². The molecule has 3 nitrogen and oxygen atoms in total. The summed E-state index contributed by atoms with van der Waals surface area (Å²) in [6, 6.07) is 9.02. The summed E-state index contributed by atoms with van der Waals surface area (Å²) in [5.74, 6) is -0.101. The molecule has 0 saturated carbocycles. The molecule has 0 spiro atoms. The third-order valence-corrected chi connectivity index (χ3v) is 3.24. The van der Waals surface area contributed by atoms with Crippen LogP contribution in [0.3, 0.4) is 0 Å². The van der Waals surface area contributed by atoms with Crippen LogP contribution in [0, 0.1) is 5.92 Å². The lowest BCUT2D eigenvalue weighted by atomic mass is 10.2. The van der Waals surface area contributed by atoms with Gasteiger partial charge in [-0.15, -0.1) is 0 Å². The predicted molar refractivity (Wildman–Crippen MR) is 64.4 cm³/mol. The first-order valence-electron chi connectivity index (χ1n) is 4.95. The van der Waals surface area contributed by atoms with Crippen molar-refractivity contribution in [3.63, 3.8) is 0 Å². The Kier molecular flexibility index (Phi) is 5.05. The largest absolute Gasteiger partial charge is 0.469 e. The SMILES string of the molecule is COC(=O)C(C)CSC(=O)c1ccccc1. The van der Waals surface area contributed by atoms with Gasteiger partial charge in [-0.1, -0.05) is 49.0 Å². The van der Waals surface area contributed by atoms with Crippen LogP contribution < -0.4 is 0 Å². The highest BCUT2D eigenvalue weighted by Crippen LogP contribution is 2.16. The third kappa shape index (κ3) is 3.70. The Morgan fingerprint density at radius 3 is 2.50 bits per heavy atom. The Hall–Kier alpha value is -1.29. The molecule has 0 amide bonds. The molecule has 1 atom stereocenters. The van der Waals surface area contributed by atoms with Gasteiger partial charge in [-0.25, -0.2) is 0 Å². The Morgan fingerprint density at radius 1 is 1.31 bits per heavy atom. The van der Waals surface area contributed by atoms with E-state index in [0.29, 0.717) is 11.3 Å². The summed E-state index contributed by atoms with van der Waals surface area (Å²) in [4.78, 5) is 22.8. The number of hydrogen-bond donors (Lipinski definition) is 0. The van der Waals surface area contributed by atoms with Crippen molar-refractivity contribution in [3.05, 3.63) is 35.9 Å². The molecule has 0 aromatic heterocycles. The average Bonchev–Trinajstić information content (AvgIpc) is 2.35. The second kappa shape index (κ2) is 6.33. The molecule has 1 rings (SSSR count). The van der Waals surface area contributed by atoms with Gasteiger partial charge in [0.15, 0.2) is 0 Å². The van der Waals surface area contributed by atoms with Crippen molar-refractivity contribution in [1.29, 1.82) is 0 Å². The molecule has 0 aliphatic carbocycles. The molecule has 0 heterocycles. The minimum absolute atomic E-state index is 0.0173. The van der Waals surface area contributed by atoms with E-state index in [-0.39, 0.29) is 17.0 Å². The summed E-state index contributed by atoms with van der Waals surface area (Å²) in [5, 5.41) is -0.0173. The standard InChI is InChI=1S/C12H14O3S/c1-9(11(13)15-2)8-16-12(14)10-6-4-3-5-7-10/h3-7,9H,8H2,1-2H3. The normalized spacial score (nSPS) is 11.9. The molecule has 0 aliphatic rings. The highest BCUT2D eigenvalue weighted by Gasteiger charge is 2.15. The maximum Gasteiger partial charge on any atom is 0.309 e. The zero-order chi connectivity index (χ0) is 12.0. The summed E-state index contributed by atoms with van der Waals surface area (Å²) in [5.41, 5.74) is 0.657. The molecule has 0 fully saturated rings. The number of carbonyl (C=O) groups excluding carboxylic acids is 2. The van der Waals surface area contributed by atoms with Gasteiger partial charge in [-0.05, 0) is 0 Å². The van der Waals surface area contributed by atoms with Gasteiger partial charge in [0, 0.05) is 11.3 Å². The summed E-state index contributed by atoms with van der Waals surface area (Å²) in [6.07, 6.45) is 0. The summed E-state index contributed by atoms with van der Waals surface area (Å²) in [7, 11) is 1.35. The summed E-state index contributed by atoms with van der Waals surface area (Å²) >= 11 is 1.14. The van der Waals surface area contributed by atoms with Crippen LogP contribution in [0.25, 0.3) is 0 Å². The first kappa shape index (κ1) is 12.8. The van der Waals surface area contributed by atoms with Crippen LogP contribution in [0.2, 0.25) is 0 Å². The zero-order valence-electron chi connectivity index (χ0n) is 9.30. The van der Waals surface area contributed by atoms with Crippen LogP contribution >= 0.6 is 11.8 Å². The smallest absolute Gasteiger partial charge is 0.309 e. The number of benzene rings is 1. The monoisotopic (exact) mass is 238 g/mol. The molecule has 1 unspecified atom stereocenters. The quantitative estimate of drug-likeness (QED) is 0.755. The van der Waals surface area contributed by atoms with Crippen molar-refractivity contribution in [2.75, 3.05) is 12.9 Å². The van der Waals surface area contributed by atoms with Crippen LogP contribution in [0.4, 0.5) is 0 Å². The van der Waals surface area contributed by atoms with Crippen LogP contribution in [0.5, 0.6) is 0 Å². The van der Waals surface area contributed by atoms with Gasteiger partial charge in [-0.2, -0.15) is 0 Å². The lowest BCUT2D eigenvalue weighted by molar-refractivity contribution is -0.143. The van der Waals surface area contributed by atoms with Crippen molar-refractivity contribution >= 4 is 22.8 Å². The Bertz CT molecular complexity index is 362. The molecule has 0 N–H and O–H groups in total. The Balaban J connectivity index is 2.45. The van der Waals surface area contributed by atoms with E-state index in [1.54, 1.807) is 19.1 Å². The first-order valence-corrected chi connectivity index (χ1v) is 5.93. The molecular formula is C12H14O3S. The summed E-state index contributed by atoms with van der Waals surface area (Å²) in [6.45, 7) is 1.75. The second-order valence-corrected chi connectivity index (χ2v) is 4.38. The van der Waals surface area contributed by atoms with E-state index in [9.17, 15) is 9.59 Å². The van der Waals surface area contributed by atoms with Gasteiger partial charge in [0.05, 0.1) is 13.0 Å². The topological polar surface area (TPSA) is 43.4 Å². The fourth-order valence-electron chi connectivity index (χ4n) is 1.13. The van der Waals surface area contributed by atoms with Gasteiger partial charge in [0.1, 0.15) is 0 Å². The number of rotatable bonds is 4. The Labute approximate surface area is 99.2 Å². The average molecular weight is 238 g/mol. The first-order chi connectivity index (χ1) is 7.65. The van der Waals surface area contributed by atoms with Gasteiger partial charge in [0.2, 0.25) is 5.12 Å². The molecule has 1 aromatic carbocycles. The van der Waals surface area contributed by atoms with Crippen molar-refractivity contribution in [2.45, 2.75) is 6.92 Å². The summed E-state index contributed by atoms with van der Waals surface area (Å²) < 4.78 is 4.59. The molecular weight excluding hydrogens is 224 g/mol. The van der Waals surface area contributed by atoms with Gasteiger partial charge < -0.3 is 4.74 Å². The fourth-order valence-corrected chi connectivity index (χ4v) is 1.97. The van der Waals surface area contributed by atoms with E-state index >= 15 is 0 Å². The maximum absolute atomic E-state index is 11.7. The van der Waals surface area contributed by atoms with E-state index in [2.05, 4.69) is 4.74 Å². The van der Waals surface area contributed by atoms with E-state index in [4.69, 9.17) is 0 Å². The highest BCUT2D eigenvalue weighted by atomic mass is 32.2. The van der Waals surface area contributed by atoms with Gasteiger partial charge in [0.25, 0.3) is 0 Å². The molecule has 0 aliphatic heterocycles. The predicted octanol–water partition coefficient (Wildman–Crippen LogP) is 2.37. The van der Waals surface area contributed by atoms with Crippen molar-refractivity contribution in [3.8, 4) is 0 Å². The third-order valence-electron chi connectivity index (χ3n) is 2.08. The minimum atomic E-state index is -0.284. The van der Waals surface area contributed by atoms with E-state index in [0.717, 1.165) is 11.8 Å². The van der Waals surface area contributed by atoms with E-state index in [1.165, 1.54) is 7.11 Å². The molecule has 0 saturated heterocycles. The van der Waals surface area contributed by atoms with Crippen LogP contribution in [0.15, 0.2) is 30.3 Å². The van der Waals surface area contributed by atoms with Crippen molar-refractivity contribution < 1.29 is 14.3 Å². The number of thioether (sulfide) groups is 1. The number of carbonyl (C=O) groups is 2. The number of ether oxygens (including phenoxy) is 1. The molecule has 86 valence electrons. The second-order valence-electron chi connectivity index (χ2n) is 3.39. The molecule has 16 heavy (non-hydrogen) atoms. The lowest BCUT2D eigenvalue weighted by Gasteiger charge is -2.07. The number of hydrogen-bond acceptors (Lipinski definition) is 4. The zero-order valence-corrected chi connectivity index (χ0v) is 10.1. The Morgan fingerprint density at radius 2 is 1.94 bits per heavy atom.